The zero-order chi connectivity index (χ0) is 17.2. The molecular formula is C17H20N2O3S. The molecule has 0 atom stereocenters. The Kier molecular flexibility index (Phi) is 4.75. The Balaban J connectivity index is 2.45. The first-order valence-electron chi connectivity index (χ1n) is 7.23. The highest BCUT2D eigenvalue weighted by molar-refractivity contribution is 7.92. The number of benzene rings is 2. The Labute approximate surface area is 136 Å². The highest BCUT2D eigenvalue weighted by Gasteiger charge is 2.24. The molecule has 0 saturated heterocycles. The van der Waals surface area contributed by atoms with Crippen LogP contribution in [-0.4, -0.2) is 21.4 Å². The third kappa shape index (κ3) is 3.37. The molecule has 2 aromatic rings. The molecule has 23 heavy (non-hydrogen) atoms. The molecule has 0 unspecified atom stereocenters. The number of sulfonamides is 1. The highest BCUT2D eigenvalue weighted by atomic mass is 32.2. The molecule has 0 heterocycles. The van der Waals surface area contributed by atoms with Gasteiger partial charge in [-0.1, -0.05) is 38.1 Å². The minimum Gasteiger partial charge on any atom is -0.366 e. The van der Waals surface area contributed by atoms with Crippen LogP contribution in [0.15, 0.2) is 53.4 Å². The molecule has 0 aliphatic rings. The summed E-state index contributed by atoms with van der Waals surface area (Å²) in [6.45, 7) is 4.08. The Morgan fingerprint density at radius 3 is 2.13 bits per heavy atom. The van der Waals surface area contributed by atoms with Crippen LogP contribution in [0.2, 0.25) is 0 Å². The van der Waals surface area contributed by atoms with E-state index in [1.807, 2.05) is 13.8 Å². The summed E-state index contributed by atoms with van der Waals surface area (Å²) in [6, 6.07) is 13.1. The second-order valence-corrected chi connectivity index (χ2v) is 7.55. The van der Waals surface area contributed by atoms with Gasteiger partial charge in [0.05, 0.1) is 16.1 Å². The first kappa shape index (κ1) is 17.0. The molecule has 2 aromatic carbocycles. The number of carbonyl (C=O) groups is 1. The van der Waals surface area contributed by atoms with E-state index >= 15 is 0 Å². The largest absolute Gasteiger partial charge is 0.366 e. The number of hydrogen-bond donors (Lipinski definition) is 1. The molecule has 5 nitrogen and oxygen atoms in total. The van der Waals surface area contributed by atoms with Gasteiger partial charge in [-0.25, -0.2) is 8.42 Å². The van der Waals surface area contributed by atoms with Crippen molar-refractivity contribution in [2.75, 3.05) is 11.4 Å². The molecule has 0 spiro atoms. The first-order chi connectivity index (χ1) is 10.7. The van der Waals surface area contributed by atoms with Crippen LogP contribution in [-0.2, 0) is 10.0 Å². The van der Waals surface area contributed by atoms with Crippen LogP contribution in [0.5, 0.6) is 0 Å². The number of nitrogens with two attached hydrogens (primary N) is 1. The van der Waals surface area contributed by atoms with Crippen LogP contribution in [0.1, 0.15) is 35.7 Å². The van der Waals surface area contributed by atoms with Gasteiger partial charge in [0.1, 0.15) is 0 Å². The zero-order valence-electron chi connectivity index (χ0n) is 13.4. The molecule has 2 N–H and O–H groups in total. The number of anilines is 1. The van der Waals surface area contributed by atoms with Crippen molar-refractivity contribution in [1.82, 2.24) is 0 Å². The number of hydrogen-bond acceptors (Lipinski definition) is 3. The van der Waals surface area contributed by atoms with Crippen molar-refractivity contribution in [3.63, 3.8) is 0 Å². The van der Waals surface area contributed by atoms with Gasteiger partial charge in [0.2, 0.25) is 0 Å². The summed E-state index contributed by atoms with van der Waals surface area (Å²) < 4.78 is 26.6. The Hall–Kier alpha value is -2.34. The van der Waals surface area contributed by atoms with Gasteiger partial charge in [-0.2, -0.15) is 0 Å². The van der Waals surface area contributed by atoms with Gasteiger partial charge >= 0.3 is 0 Å². The second-order valence-electron chi connectivity index (χ2n) is 5.58. The average Bonchev–Trinajstić information content (AvgIpc) is 2.54. The highest BCUT2D eigenvalue weighted by Crippen LogP contribution is 2.26. The van der Waals surface area contributed by atoms with Crippen molar-refractivity contribution in [2.24, 2.45) is 5.73 Å². The smallest absolute Gasteiger partial charge is 0.264 e. The molecule has 6 heteroatoms. The fourth-order valence-electron chi connectivity index (χ4n) is 2.27. The van der Waals surface area contributed by atoms with Crippen molar-refractivity contribution < 1.29 is 13.2 Å². The van der Waals surface area contributed by atoms with E-state index in [1.54, 1.807) is 42.5 Å². The van der Waals surface area contributed by atoms with Crippen LogP contribution in [0.4, 0.5) is 5.69 Å². The summed E-state index contributed by atoms with van der Waals surface area (Å²) in [4.78, 5) is 11.7. The number of carbonyl (C=O) groups excluding carboxylic acids is 1. The molecule has 1 amide bonds. The van der Waals surface area contributed by atoms with Gasteiger partial charge in [0.25, 0.3) is 15.9 Å². The fourth-order valence-corrected chi connectivity index (χ4v) is 3.48. The molecule has 0 aliphatic heterocycles. The second kappa shape index (κ2) is 6.42. The molecule has 0 saturated carbocycles. The van der Waals surface area contributed by atoms with E-state index in [1.165, 1.54) is 13.1 Å². The molecule has 122 valence electrons. The summed E-state index contributed by atoms with van der Waals surface area (Å²) in [5, 5.41) is 0. The van der Waals surface area contributed by atoms with E-state index in [0.717, 1.165) is 9.87 Å². The van der Waals surface area contributed by atoms with Crippen molar-refractivity contribution in [3.8, 4) is 0 Å². The van der Waals surface area contributed by atoms with Gasteiger partial charge < -0.3 is 5.73 Å². The maximum atomic E-state index is 12.8. The minimum absolute atomic E-state index is 0.164. The summed E-state index contributed by atoms with van der Waals surface area (Å²) in [5.41, 5.74) is 6.81. The molecule has 2 rings (SSSR count). The summed E-state index contributed by atoms with van der Waals surface area (Å²) in [6.07, 6.45) is 0. The van der Waals surface area contributed by atoms with Crippen molar-refractivity contribution in [3.05, 3.63) is 59.7 Å². The molecule has 0 aromatic heterocycles. The zero-order valence-corrected chi connectivity index (χ0v) is 14.2. The van der Waals surface area contributed by atoms with E-state index in [2.05, 4.69) is 0 Å². The van der Waals surface area contributed by atoms with E-state index in [4.69, 9.17) is 5.73 Å². The van der Waals surface area contributed by atoms with Crippen molar-refractivity contribution in [2.45, 2.75) is 24.7 Å². The first-order valence-corrected chi connectivity index (χ1v) is 8.67. The standard InChI is InChI=1S/C17H20N2O3S/c1-12(2)13-8-10-14(11-9-13)23(21,22)19(3)16-7-5-4-6-15(16)17(18)20/h4-12H,1-3H3,(H2,18,20). The topological polar surface area (TPSA) is 80.5 Å². The van der Waals surface area contributed by atoms with Crippen LogP contribution in [0, 0.1) is 0 Å². The lowest BCUT2D eigenvalue weighted by molar-refractivity contribution is 0.100. The molecule has 0 bridgehead atoms. The van der Waals surface area contributed by atoms with Crippen LogP contribution in [0.3, 0.4) is 0 Å². The SMILES string of the molecule is CC(C)c1ccc(S(=O)(=O)N(C)c2ccccc2C(N)=O)cc1. The Morgan fingerprint density at radius 2 is 1.61 bits per heavy atom. The van der Waals surface area contributed by atoms with Gasteiger partial charge in [-0.3, -0.25) is 9.10 Å². The number of amides is 1. The molecule has 0 fully saturated rings. The van der Waals surface area contributed by atoms with Crippen LogP contribution in [0.25, 0.3) is 0 Å². The van der Waals surface area contributed by atoms with Gasteiger partial charge in [0.15, 0.2) is 0 Å². The minimum atomic E-state index is -3.76. The van der Waals surface area contributed by atoms with Crippen LogP contribution < -0.4 is 10.0 Å². The van der Waals surface area contributed by atoms with E-state index in [9.17, 15) is 13.2 Å². The number of nitrogens with zero attached hydrogens (tertiary/aromatic N) is 1. The molecule has 0 aliphatic carbocycles. The quantitative estimate of drug-likeness (QED) is 0.914. The third-order valence-corrected chi connectivity index (χ3v) is 5.50. The lowest BCUT2D eigenvalue weighted by Crippen LogP contribution is -2.29. The number of primary amides is 1. The lowest BCUT2D eigenvalue weighted by Gasteiger charge is -2.21. The lowest BCUT2D eigenvalue weighted by atomic mass is 10.0. The summed E-state index contributed by atoms with van der Waals surface area (Å²) >= 11 is 0. The van der Waals surface area contributed by atoms with Crippen LogP contribution >= 0.6 is 0 Å². The monoisotopic (exact) mass is 332 g/mol. The Bertz CT molecular complexity index is 812. The maximum absolute atomic E-state index is 12.8. The average molecular weight is 332 g/mol. The number of rotatable bonds is 5. The predicted octanol–water partition coefficient (Wildman–Crippen LogP) is 2.73. The van der Waals surface area contributed by atoms with E-state index in [-0.39, 0.29) is 16.1 Å². The van der Waals surface area contributed by atoms with Gasteiger partial charge in [0, 0.05) is 7.05 Å². The molecule has 0 radical (unpaired) electrons. The van der Waals surface area contributed by atoms with E-state index in [0.29, 0.717) is 5.92 Å². The summed E-state index contributed by atoms with van der Waals surface area (Å²) in [5.74, 6) is -0.349. The third-order valence-electron chi connectivity index (χ3n) is 3.71. The fraction of sp³-hybridized carbons (Fsp3) is 0.235. The number of para-hydroxylation sites is 1. The van der Waals surface area contributed by atoms with Gasteiger partial charge in [-0.15, -0.1) is 0 Å². The Morgan fingerprint density at radius 1 is 1.04 bits per heavy atom. The normalized spacial score (nSPS) is 11.5. The maximum Gasteiger partial charge on any atom is 0.264 e. The van der Waals surface area contributed by atoms with Crippen molar-refractivity contribution in [1.29, 1.82) is 0 Å². The van der Waals surface area contributed by atoms with Crippen molar-refractivity contribution >= 4 is 21.6 Å². The predicted molar refractivity (Wildman–Crippen MR) is 91.1 cm³/mol. The van der Waals surface area contributed by atoms with E-state index < -0.39 is 15.9 Å². The molecular weight excluding hydrogens is 312 g/mol. The summed E-state index contributed by atoms with van der Waals surface area (Å²) in [7, 11) is -2.35. The van der Waals surface area contributed by atoms with Gasteiger partial charge in [-0.05, 0) is 35.7 Å².